The SMILES string of the molecule is CC(=O)CC[C@H](O)COc1ccc(F)cc1.CCOC(=O)C=CC(COc1ccc(F)cc1)OCO[C@H](C=CC(=O)OCC)COc1ccc(F)cc1. The summed E-state index contributed by atoms with van der Waals surface area (Å²) in [4.78, 5) is 34.1. The number of hydrogen-bond donors (Lipinski definition) is 1. The highest BCUT2D eigenvalue weighted by Gasteiger charge is 2.13. The van der Waals surface area contributed by atoms with Crippen LogP contribution < -0.4 is 14.2 Å². The van der Waals surface area contributed by atoms with E-state index in [0.717, 1.165) is 0 Å². The lowest BCUT2D eigenvalue weighted by Gasteiger charge is -2.19. The molecule has 3 aromatic carbocycles. The Balaban J connectivity index is 0.000000505. The smallest absolute Gasteiger partial charge is 0.330 e. The molecular weight excluding hydrogens is 701 g/mol. The van der Waals surface area contributed by atoms with Crippen molar-refractivity contribution in [3.05, 3.63) is 115 Å². The van der Waals surface area contributed by atoms with Gasteiger partial charge in [0, 0.05) is 18.6 Å². The first kappa shape index (κ1) is 44.0. The number of aliphatic hydroxyl groups is 1. The fourth-order valence-electron chi connectivity index (χ4n) is 3.88. The Morgan fingerprint density at radius 1 is 0.623 bits per heavy atom. The molecule has 1 unspecified atom stereocenters. The summed E-state index contributed by atoms with van der Waals surface area (Å²) >= 11 is 0. The minimum Gasteiger partial charge on any atom is -0.491 e. The summed E-state index contributed by atoms with van der Waals surface area (Å²) in [7, 11) is 0. The van der Waals surface area contributed by atoms with E-state index in [4.69, 9.17) is 33.2 Å². The Hall–Kier alpha value is -5.18. The predicted octanol–water partition coefficient (Wildman–Crippen LogP) is 6.32. The summed E-state index contributed by atoms with van der Waals surface area (Å²) in [5, 5.41) is 9.46. The fraction of sp³-hybridized carbons (Fsp3) is 0.359. The molecule has 11 nitrogen and oxygen atoms in total. The van der Waals surface area contributed by atoms with Crippen molar-refractivity contribution >= 4 is 17.7 Å². The molecule has 0 radical (unpaired) electrons. The van der Waals surface area contributed by atoms with Gasteiger partial charge in [-0.2, -0.15) is 0 Å². The topological polar surface area (TPSA) is 136 Å². The molecule has 0 amide bonds. The predicted molar refractivity (Wildman–Crippen MR) is 188 cm³/mol. The Labute approximate surface area is 306 Å². The number of hydrogen-bond acceptors (Lipinski definition) is 11. The molecule has 0 aliphatic rings. The van der Waals surface area contributed by atoms with Crippen LogP contribution in [0.5, 0.6) is 17.2 Å². The maximum atomic E-state index is 13.1. The molecule has 0 aromatic heterocycles. The maximum Gasteiger partial charge on any atom is 0.330 e. The van der Waals surface area contributed by atoms with Crippen LogP contribution in [0.1, 0.15) is 33.6 Å². The van der Waals surface area contributed by atoms with E-state index in [0.29, 0.717) is 30.1 Å². The summed E-state index contributed by atoms with van der Waals surface area (Å²) in [5.41, 5.74) is 0. The molecule has 3 aromatic rings. The number of benzene rings is 3. The minimum atomic E-state index is -0.734. The first-order valence-electron chi connectivity index (χ1n) is 16.7. The Morgan fingerprint density at radius 2 is 0.981 bits per heavy atom. The molecule has 0 aliphatic carbocycles. The van der Waals surface area contributed by atoms with E-state index in [1.165, 1.54) is 104 Å². The van der Waals surface area contributed by atoms with Crippen LogP contribution in [0.3, 0.4) is 0 Å². The summed E-state index contributed by atoms with van der Waals surface area (Å²) in [6.07, 6.45) is 3.89. The molecule has 0 fully saturated rings. The van der Waals surface area contributed by atoms with E-state index in [-0.39, 0.29) is 51.4 Å². The van der Waals surface area contributed by atoms with Gasteiger partial charge in [-0.3, -0.25) is 0 Å². The summed E-state index contributed by atoms with van der Waals surface area (Å²) in [5.74, 6) is -0.884. The molecule has 0 aliphatic heterocycles. The number of Topliss-reactive ketones (excluding diaryl/α,β-unsaturated/α-hetero) is 1. The largest absolute Gasteiger partial charge is 0.491 e. The first-order chi connectivity index (χ1) is 25.5. The number of aliphatic hydroxyl groups excluding tert-OH is 1. The van der Waals surface area contributed by atoms with Crippen LogP contribution in [0.25, 0.3) is 0 Å². The van der Waals surface area contributed by atoms with Gasteiger partial charge < -0.3 is 43.1 Å². The van der Waals surface area contributed by atoms with Crippen molar-refractivity contribution in [2.45, 2.75) is 51.9 Å². The van der Waals surface area contributed by atoms with Gasteiger partial charge >= 0.3 is 11.9 Å². The normalized spacial score (nSPS) is 12.7. The van der Waals surface area contributed by atoms with Crippen molar-refractivity contribution < 1.29 is 65.8 Å². The third-order valence-corrected chi connectivity index (χ3v) is 6.57. The lowest BCUT2D eigenvalue weighted by atomic mass is 10.1. The second-order valence-electron chi connectivity index (χ2n) is 10.9. The van der Waals surface area contributed by atoms with Gasteiger partial charge in [-0.05, 0) is 112 Å². The Morgan fingerprint density at radius 3 is 1.32 bits per heavy atom. The number of rotatable bonds is 22. The molecule has 0 heterocycles. The van der Waals surface area contributed by atoms with Crippen molar-refractivity contribution in [1.29, 1.82) is 0 Å². The number of ketones is 1. The first-order valence-corrected chi connectivity index (χ1v) is 16.7. The molecular formula is C39H45F3O11. The van der Waals surface area contributed by atoms with Crippen LogP contribution in [-0.2, 0) is 33.3 Å². The molecule has 0 spiro atoms. The number of carbonyl (C=O) groups excluding carboxylic acids is 3. The van der Waals surface area contributed by atoms with Gasteiger partial charge in [0.25, 0.3) is 0 Å². The zero-order valence-electron chi connectivity index (χ0n) is 29.8. The zero-order valence-corrected chi connectivity index (χ0v) is 29.8. The van der Waals surface area contributed by atoms with Gasteiger partial charge in [0.1, 0.15) is 79.3 Å². The van der Waals surface area contributed by atoms with Gasteiger partial charge in [-0.1, -0.05) is 0 Å². The number of ether oxygens (including phenoxy) is 7. The zero-order chi connectivity index (χ0) is 38.8. The maximum absolute atomic E-state index is 13.1. The van der Waals surface area contributed by atoms with Crippen molar-refractivity contribution in [3.8, 4) is 17.2 Å². The van der Waals surface area contributed by atoms with Crippen molar-refractivity contribution in [1.82, 2.24) is 0 Å². The van der Waals surface area contributed by atoms with E-state index >= 15 is 0 Å². The lowest BCUT2D eigenvalue weighted by Crippen LogP contribution is -2.26. The average molecular weight is 747 g/mol. The fourth-order valence-corrected chi connectivity index (χ4v) is 3.88. The highest BCUT2D eigenvalue weighted by molar-refractivity contribution is 5.82. The molecule has 0 saturated carbocycles. The third kappa shape index (κ3) is 21.1. The third-order valence-electron chi connectivity index (χ3n) is 6.57. The molecule has 0 bridgehead atoms. The molecule has 288 valence electrons. The highest BCUT2D eigenvalue weighted by Crippen LogP contribution is 2.15. The summed E-state index contributed by atoms with van der Waals surface area (Å²) in [6, 6.07) is 16.4. The van der Waals surface area contributed by atoms with Crippen LogP contribution in [-0.4, -0.2) is 81.0 Å². The minimum absolute atomic E-state index is 0.0136. The Bertz CT molecular complexity index is 1460. The van der Waals surface area contributed by atoms with Crippen LogP contribution in [0, 0.1) is 17.5 Å². The summed E-state index contributed by atoms with van der Waals surface area (Å²) in [6.45, 7) is 5.09. The summed E-state index contributed by atoms with van der Waals surface area (Å²) < 4.78 is 76.4. The monoisotopic (exact) mass is 746 g/mol. The Kier molecular flexibility index (Phi) is 21.3. The van der Waals surface area contributed by atoms with Crippen molar-refractivity contribution in [2.75, 3.05) is 39.8 Å². The van der Waals surface area contributed by atoms with Gasteiger partial charge in [0.15, 0.2) is 0 Å². The van der Waals surface area contributed by atoms with Gasteiger partial charge in [-0.15, -0.1) is 0 Å². The molecule has 3 rings (SSSR count). The van der Waals surface area contributed by atoms with Crippen LogP contribution in [0.15, 0.2) is 97.1 Å². The molecule has 1 N–H and O–H groups in total. The van der Waals surface area contributed by atoms with E-state index in [9.17, 15) is 32.7 Å². The number of carbonyl (C=O) groups is 3. The van der Waals surface area contributed by atoms with Crippen molar-refractivity contribution in [3.63, 3.8) is 0 Å². The molecule has 53 heavy (non-hydrogen) atoms. The van der Waals surface area contributed by atoms with Crippen LogP contribution in [0.2, 0.25) is 0 Å². The van der Waals surface area contributed by atoms with Gasteiger partial charge in [0.2, 0.25) is 0 Å². The van der Waals surface area contributed by atoms with E-state index in [1.54, 1.807) is 13.8 Å². The lowest BCUT2D eigenvalue weighted by molar-refractivity contribution is -0.138. The second-order valence-corrected chi connectivity index (χ2v) is 10.9. The van der Waals surface area contributed by atoms with Gasteiger partial charge in [-0.25, -0.2) is 22.8 Å². The molecule has 0 saturated heterocycles. The van der Waals surface area contributed by atoms with Crippen molar-refractivity contribution in [2.24, 2.45) is 0 Å². The quantitative estimate of drug-likeness (QED) is 0.0703. The average Bonchev–Trinajstić information content (AvgIpc) is 3.14. The highest BCUT2D eigenvalue weighted by atomic mass is 19.1. The standard InChI is InChI=1S/C27H30F2O8.C12H15FO3/c1-3-32-26(30)15-13-24(17-34-22-9-5-20(28)6-10-22)36-19-37-25(14-16-27(31)33-4-2)18-35-23-11-7-21(29)8-12-23;1-9(14)2-5-11(15)8-16-12-6-3-10(13)4-7-12/h5-16,24-25H,3-4,17-19H2,1-2H3;3-4,6-7,11,15H,2,5,8H2,1H3/t24-,25?;11-/m10/s1. The van der Waals surface area contributed by atoms with Gasteiger partial charge in [0.05, 0.1) is 19.3 Å². The van der Waals surface area contributed by atoms with E-state index < -0.39 is 41.9 Å². The molecule has 14 heteroatoms. The van der Waals surface area contributed by atoms with Crippen LogP contribution in [0.4, 0.5) is 13.2 Å². The van der Waals surface area contributed by atoms with E-state index in [1.807, 2.05) is 0 Å². The van der Waals surface area contributed by atoms with E-state index in [2.05, 4.69) is 0 Å². The van der Waals surface area contributed by atoms with Crippen LogP contribution >= 0.6 is 0 Å². The number of halogens is 3. The second kappa shape index (κ2) is 25.7. The number of esters is 2. The molecule has 3 atom stereocenters.